The lowest BCUT2D eigenvalue weighted by atomic mass is 10.4. The summed E-state index contributed by atoms with van der Waals surface area (Å²) in [5, 5.41) is 0. The van der Waals surface area contributed by atoms with Gasteiger partial charge in [-0.05, 0) is 0 Å². The van der Waals surface area contributed by atoms with Crippen LogP contribution in [0.5, 0.6) is 11.8 Å². The number of rotatable bonds is 4. The Labute approximate surface area is 79.9 Å². The number of alkyl halides is 2. The van der Waals surface area contributed by atoms with Gasteiger partial charge in [-0.25, -0.2) is 18.7 Å². The Morgan fingerprint density at radius 3 is 2.57 bits per heavy atom. The molecule has 0 atom stereocenters. The van der Waals surface area contributed by atoms with Gasteiger partial charge in [-0.1, -0.05) is 0 Å². The molecule has 0 aliphatic heterocycles. The Kier molecular flexibility index (Phi) is 3.16. The van der Waals surface area contributed by atoms with Crippen LogP contribution in [0, 0.1) is 0 Å². The summed E-state index contributed by atoms with van der Waals surface area (Å²) in [7, 11) is 1.42. The van der Waals surface area contributed by atoms with Gasteiger partial charge in [0.25, 0.3) is 5.92 Å². The fraction of sp³-hybridized carbons (Fsp3) is 0.500. The Bertz CT molecular complexity index is 302. The third kappa shape index (κ3) is 3.51. The first-order valence-electron chi connectivity index (χ1n) is 3.88. The molecule has 0 saturated heterocycles. The minimum atomic E-state index is -2.88. The van der Waals surface area contributed by atoms with Crippen LogP contribution >= 0.6 is 0 Å². The molecule has 0 unspecified atom stereocenters. The van der Waals surface area contributed by atoms with Gasteiger partial charge in [-0.3, -0.25) is 0 Å². The zero-order chi connectivity index (χ0) is 10.6. The van der Waals surface area contributed by atoms with Gasteiger partial charge in [0.05, 0.1) is 13.2 Å². The number of hydrogen-bond donors (Lipinski definition) is 0. The highest BCUT2D eigenvalue weighted by Crippen LogP contribution is 2.16. The highest BCUT2D eigenvalue weighted by atomic mass is 19.3. The third-order valence-corrected chi connectivity index (χ3v) is 1.30. The van der Waals surface area contributed by atoms with Crippen LogP contribution in [0.1, 0.15) is 6.92 Å². The molecule has 1 heterocycles. The van der Waals surface area contributed by atoms with Crippen molar-refractivity contribution in [3.63, 3.8) is 0 Å². The van der Waals surface area contributed by atoms with E-state index in [4.69, 9.17) is 9.47 Å². The summed E-state index contributed by atoms with van der Waals surface area (Å²) < 4.78 is 34.3. The molecule has 0 fully saturated rings. The Morgan fingerprint density at radius 2 is 2.00 bits per heavy atom. The molecule has 6 heteroatoms. The minimum Gasteiger partial charge on any atom is -0.481 e. The summed E-state index contributed by atoms with van der Waals surface area (Å²) in [6.45, 7) is 0.0542. The highest BCUT2D eigenvalue weighted by Gasteiger charge is 2.22. The van der Waals surface area contributed by atoms with Crippen LogP contribution < -0.4 is 9.47 Å². The van der Waals surface area contributed by atoms with E-state index in [-0.39, 0.29) is 11.8 Å². The van der Waals surface area contributed by atoms with Crippen molar-refractivity contribution < 1.29 is 18.3 Å². The number of nitrogens with zero attached hydrogens (tertiary/aromatic N) is 2. The maximum absolute atomic E-state index is 12.4. The second kappa shape index (κ2) is 4.17. The molecule has 1 aromatic heterocycles. The van der Waals surface area contributed by atoms with E-state index in [1.54, 1.807) is 0 Å². The average Bonchev–Trinajstić information content (AvgIpc) is 2.14. The standard InChI is InChI=1S/C8H10F2N2O2/c1-8(9,10)4-14-7-3-6(13-2)11-5-12-7/h3,5H,4H2,1-2H3. The molecule has 0 aliphatic carbocycles. The van der Waals surface area contributed by atoms with Crippen molar-refractivity contribution in [1.29, 1.82) is 0 Å². The molecule has 14 heavy (non-hydrogen) atoms. The van der Waals surface area contributed by atoms with Crippen molar-refractivity contribution in [3.8, 4) is 11.8 Å². The van der Waals surface area contributed by atoms with E-state index < -0.39 is 12.5 Å². The van der Waals surface area contributed by atoms with Crippen molar-refractivity contribution in [2.45, 2.75) is 12.8 Å². The third-order valence-electron chi connectivity index (χ3n) is 1.30. The van der Waals surface area contributed by atoms with Crippen LogP contribution in [-0.2, 0) is 0 Å². The summed E-state index contributed by atoms with van der Waals surface area (Å²) >= 11 is 0. The smallest absolute Gasteiger partial charge is 0.278 e. The van der Waals surface area contributed by atoms with E-state index in [2.05, 4.69) is 9.97 Å². The summed E-state index contributed by atoms with van der Waals surface area (Å²) in [4.78, 5) is 7.35. The van der Waals surface area contributed by atoms with Crippen LogP contribution in [-0.4, -0.2) is 29.6 Å². The van der Waals surface area contributed by atoms with Gasteiger partial charge in [0.1, 0.15) is 6.33 Å². The summed E-state index contributed by atoms with van der Waals surface area (Å²) in [6, 6.07) is 1.34. The fourth-order valence-corrected chi connectivity index (χ4v) is 0.714. The van der Waals surface area contributed by atoms with E-state index in [0.717, 1.165) is 6.92 Å². The number of hydrogen-bond acceptors (Lipinski definition) is 4. The average molecular weight is 204 g/mol. The lowest BCUT2D eigenvalue weighted by Crippen LogP contribution is -2.21. The first-order valence-corrected chi connectivity index (χ1v) is 3.88. The Balaban J connectivity index is 2.59. The van der Waals surface area contributed by atoms with Gasteiger partial charge in [-0.2, -0.15) is 0 Å². The van der Waals surface area contributed by atoms with E-state index >= 15 is 0 Å². The van der Waals surface area contributed by atoms with Crippen molar-refractivity contribution in [1.82, 2.24) is 9.97 Å². The maximum Gasteiger partial charge on any atom is 0.278 e. The van der Waals surface area contributed by atoms with Crippen LogP contribution in [0.4, 0.5) is 8.78 Å². The fourth-order valence-electron chi connectivity index (χ4n) is 0.714. The normalized spacial score (nSPS) is 11.1. The second-order valence-corrected chi connectivity index (χ2v) is 2.76. The SMILES string of the molecule is COc1cc(OCC(C)(F)F)ncn1. The van der Waals surface area contributed by atoms with Gasteiger partial charge in [0.15, 0.2) is 6.61 Å². The predicted molar refractivity (Wildman–Crippen MR) is 44.7 cm³/mol. The summed E-state index contributed by atoms with van der Waals surface area (Å²) in [5.41, 5.74) is 0. The predicted octanol–water partition coefficient (Wildman–Crippen LogP) is 1.52. The van der Waals surface area contributed by atoms with E-state index in [9.17, 15) is 8.78 Å². The molecule has 4 nitrogen and oxygen atoms in total. The molecule has 78 valence electrons. The zero-order valence-corrected chi connectivity index (χ0v) is 7.83. The molecule has 0 bridgehead atoms. The highest BCUT2D eigenvalue weighted by molar-refractivity contribution is 5.17. The van der Waals surface area contributed by atoms with E-state index in [0.29, 0.717) is 0 Å². The molecule has 0 spiro atoms. The van der Waals surface area contributed by atoms with Crippen LogP contribution in [0.2, 0.25) is 0 Å². The Hall–Kier alpha value is -1.46. The zero-order valence-electron chi connectivity index (χ0n) is 7.83. The van der Waals surface area contributed by atoms with Gasteiger partial charge in [0, 0.05) is 6.92 Å². The van der Waals surface area contributed by atoms with E-state index in [1.807, 2.05) is 0 Å². The largest absolute Gasteiger partial charge is 0.481 e. The van der Waals surface area contributed by atoms with Crippen LogP contribution in [0.25, 0.3) is 0 Å². The molecule has 0 aliphatic rings. The first kappa shape index (κ1) is 10.6. The van der Waals surface area contributed by atoms with Gasteiger partial charge in [0.2, 0.25) is 11.8 Å². The molecule has 1 aromatic rings. The van der Waals surface area contributed by atoms with Gasteiger partial charge >= 0.3 is 0 Å². The lowest BCUT2D eigenvalue weighted by Gasteiger charge is -2.11. The van der Waals surface area contributed by atoms with Crippen molar-refractivity contribution >= 4 is 0 Å². The molecular weight excluding hydrogens is 194 g/mol. The minimum absolute atomic E-state index is 0.0679. The molecular formula is C8H10F2N2O2. The number of methoxy groups -OCH3 is 1. The number of halogens is 2. The van der Waals surface area contributed by atoms with Crippen LogP contribution in [0.3, 0.4) is 0 Å². The molecule has 1 rings (SSSR count). The topological polar surface area (TPSA) is 44.2 Å². The van der Waals surface area contributed by atoms with Crippen molar-refractivity contribution in [2.24, 2.45) is 0 Å². The second-order valence-electron chi connectivity index (χ2n) is 2.76. The Morgan fingerprint density at radius 1 is 1.36 bits per heavy atom. The first-order chi connectivity index (χ1) is 6.51. The van der Waals surface area contributed by atoms with Crippen LogP contribution in [0.15, 0.2) is 12.4 Å². The quantitative estimate of drug-likeness (QED) is 0.745. The lowest BCUT2D eigenvalue weighted by molar-refractivity contribution is -0.0243. The molecule has 0 aromatic carbocycles. The summed E-state index contributed by atoms with van der Waals surface area (Å²) in [6.07, 6.45) is 1.18. The molecule has 0 saturated carbocycles. The maximum atomic E-state index is 12.4. The van der Waals surface area contributed by atoms with Crippen molar-refractivity contribution in [3.05, 3.63) is 12.4 Å². The number of aromatic nitrogens is 2. The molecule has 0 amide bonds. The van der Waals surface area contributed by atoms with Gasteiger partial charge < -0.3 is 9.47 Å². The van der Waals surface area contributed by atoms with Gasteiger partial charge in [-0.15, -0.1) is 0 Å². The summed E-state index contributed by atoms with van der Waals surface area (Å²) in [5.74, 6) is -2.54. The number of ether oxygens (including phenoxy) is 2. The molecule has 0 radical (unpaired) electrons. The molecule has 0 N–H and O–H groups in total. The van der Waals surface area contributed by atoms with Crippen molar-refractivity contribution in [2.75, 3.05) is 13.7 Å². The van der Waals surface area contributed by atoms with E-state index in [1.165, 1.54) is 19.5 Å². The monoisotopic (exact) mass is 204 g/mol.